The van der Waals surface area contributed by atoms with Gasteiger partial charge in [0.25, 0.3) is 0 Å². The number of carbonyl (C=O) groups excluding carboxylic acids is 1. The smallest absolute Gasteiger partial charge is 0.234 e. The van der Waals surface area contributed by atoms with E-state index in [-0.39, 0.29) is 11.9 Å². The average Bonchev–Trinajstić information content (AvgIpc) is 2.40. The van der Waals surface area contributed by atoms with Crippen molar-refractivity contribution >= 4 is 5.91 Å². The molecule has 18 heavy (non-hydrogen) atoms. The van der Waals surface area contributed by atoms with Crippen molar-refractivity contribution in [2.24, 2.45) is 5.92 Å². The van der Waals surface area contributed by atoms with Crippen LogP contribution in [0.3, 0.4) is 0 Å². The molecule has 0 saturated heterocycles. The van der Waals surface area contributed by atoms with E-state index in [2.05, 4.69) is 31.4 Å². The Kier molecular flexibility index (Phi) is 7.33. The van der Waals surface area contributed by atoms with E-state index in [1.165, 1.54) is 32.1 Å². The van der Waals surface area contributed by atoms with E-state index in [9.17, 15) is 4.79 Å². The van der Waals surface area contributed by atoms with Crippen molar-refractivity contribution in [1.82, 2.24) is 10.6 Å². The minimum absolute atomic E-state index is 0.138. The maximum Gasteiger partial charge on any atom is 0.234 e. The van der Waals surface area contributed by atoms with Gasteiger partial charge in [-0.15, -0.1) is 0 Å². The third-order valence-electron chi connectivity index (χ3n) is 4.20. The molecule has 1 rings (SSSR count). The summed E-state index contributed by atoms with van der Waals surface area (Å²) in [6, 6.07) is 0.807. The van der Waals surface area contributed by atoms with Crippen LogP contribution < -0.4 is 10.6 Å². The first kappa shape index (κ1) is 15.5. The minimum Gasteiger partial charge on any atom is -0.353 e. The number of hydrogen-bond acceptors (Lipinski definition) is 2. The van der Waals surface area contributed by atoms with E-state index in [1.54, 1.807) is 0 Å². The van der Waals surface area contributed by atoms with Gasteiger partial charge in [-0.3, -0.25) is 4.79 Å². The van der Waals surface area contributed by atoms with Crippen molar-refractivity contribution in [3.8, 4) is 0 Å². The van der Waals surface area contributed by atoms with Crippen LogP contribution in [0.5, 0.6) is 0 Å². The highest BCUT2D eigenvalue weighted by molar-refractivity contribution is 5.78. The molecule has 0 aliphatic heterocycles. The molecular weight excluding hydrogens is 224 g/mol. The summed E-state index contributed by atoms with van der Waals surface area (Å²) in [6.07, 6.45) is 8.90. The van der Waals surface area contributed by atoms with Crippen LogP contribution >= 0.6 is 0 Å². The Morgan fingerprint density at radius 1 is 1.17 bits per heavy atom. The van der Waals surface area contributed by atoms with Gasteiger partial charge in [0.05, 0.1) is 6.54 Å². The Morgan fingerprint density at radius 2 is 1.83 bits per heavy atom. The molecular formula is C15H30N2O. The minimum atomic E-state index is 0.138. The Bertz CT molecular complexity index is 237. The van der Waals surface area contributed by atoms with E-state index in [4.69, 9.17) is 0 Å². The van der Waals surface area contributed by atoms with Crippen molar-refractivity contribution in [3.63, 3.8) is 0 Å². The highest BCUT2D eigenvalue weighted by Crippen LogP contribution is 2.27. The summed E-state index contributed by atoms with van der Waals surface area (Å²) < 4.78 is 0. The lowest BCUT2D eigenvalue weighted by Crippen LogP contribution is -2.44. The second-order valence-corrected chi connectivity index (χ2v) is 5.67. The van der Waals surface area contributed by atoms with Crippen LogP contribution in [0.25, 0.3) is 0 Å². The van der Waals surface area contributed by atoms with Gasteiger partial charge in [0.2, 0.25) is 5.91 Å². The van der Waals surface area contributed by atoms with Gasteiger partial charge >= 0.3 is 0 Å². The van der Waals surface area contributed by atoms with Gasteiger partial charge in [0.1, 0.15) is 0 Å². The lowest BCUT2D eigenvalue weighted by Gasteiger charge is -2.30. The third-order valence-corrected chi connectivity index (χ3v) is 4.20. The van der Waals surface area contributed by atoms with Gasteiger partial charge in [-0.05, 0) is 38.5 Å². The van der Waals surface area contributed by atoms with Gasteiger partial charge in [-0.2, -0.15) is 0 Å². The van der Waals surface area contributed by atoms with E-state index in [0.717, 1.165) is 18.8 Å². The summed E-state index contributed by atoms with van der Waals surface area (Å²) in [4.78, 5) is 11.7. The molecule has 1 amide bonds. The zero-order chi connectivity index (χ0) is 13.4. The summed E-state index contributed by atoms with van der Waals surface area (Å²) >= 11 is 0. The van der Waals surface area contributed by atoms with E-state index >= 15 is 0 Å². The number of carbonyl (C=O) groups is 1. The van der Waals surface area contributed by atoms with Crippen LogP contribution in [-0.2, 0) is 4.79 Å². The third kappa shape index (κ3) is 5.38. The molecule has 0 radical (unpaired) electrons. The normalized spacial score (nSPS) is 20.4. The summed E-state index contributed by atoms with van der Waals surface area (Å²) in [5.41, 5.74) is 0. The molecule has 1 fully saturated rings. The highest BCUT2D eigenvalue weighted by Gasteiger charge is 2.22. The molecule has 0 heterocycles. The molecule has 0 aromatic rings. The molecule has 0 aromatic carbocycles. The maximum atomic E-state index is 11.7. The van der Waals surface area contributed by atoms with Crippen LogP contribution in [0.2, 0.25) is 0 Å². The number of hydrogen-bond donors (Lipinski definition) is 2. The Balaban J connectivity index is 2.27. The van der Waals surface area contributed by atoms with E-state index in [1.807, 2.05) is 0 Å². The monoisotopic (exact) mass is 254 g/mol. The van der Waals surface area contributed by atoms with Gasteiger partial charge < -0.3 is 10.6 Å². The number of amides is 1. The summed E-state index contributed by atoms with van der Waals surface area (Å²) in [7, 11) is 0. The van der Waals surface area contributed by atoms with E-state index in [0.29, 0.717) is 12.6 Å². The van der Waals surface area contributed by atoms with Crippen molar-refractivity contribution < 1.29 is 4.79 Å². The first-order chi connectivity index (χ1) is 8.67. The van der Waals surface area contributed by atoms with Gasteiger partial charge in [0.15, 0.2) is 0 Å². The Labute approximate surface area is 112 Å². The molecule has 0 aromatic heterocycles. The first-order valence-corrected chi connectivity index (χ1v) is 7.70. The largest absolute Gasteiger partial charge is 0.353 e. The Morgan fingerprint density at radius 3 is 2.39 bits per heavy atom. The molecule has 2 N–H and O–H groups in total. The molecule has 2 atom stereocenters. The summed E-state index contributed by atoms with van der Waals surface area (Å²) in [5.74, 6) is 0.916. The summed E-state index contributed by atoms with van der Waals surface area (Å²) in [5, 5.41) is 6.47. The Hall–Kier alpha value is -0.570. The molecule has 1 aliphatic rings. The standard InChI is InChI=1S/C15H30N2O/c1-4-12(3)17-15(18)11-16-14(5-2)13-9-7-6-8-10-13/h12-14,16H,4-11H2,1-3H3,(H,17,18). The fraction of sp³-hybridized carbons (Fsp3) is 0.933. The SMILES string of the molecule is CCC(C)NC(=O)CNC(CC)C1CCCCC1. The zero-order valence-electron chi connectivity index (χ0n) is 12.3. The molecule has 3 nitrogen and oxygen atoms in total. The number of rotatable bonds is 7. The van der Waals surface area contributed by atoms with Gasteiger partial charge in [-0.1, -0.05) is 33.1 Å². The molecule has 0 spiro atoms. The van der Waals surface area contributed by atoms with Crippen LogP contribution in [-0.4, -0.2) is 24.5 Å². The van der Waals surface area contributed by atoms with Crippen molar-refractivity contribution in [3.05, 3.63) is 0 Å². The second kappa shape index (κ2) is 8.52. The molecule has 2 unspecified atom stereocenters. The van der Waals surface area contributed by atoms with E-state index < -0.39 is 0 Å². The average molecular weight is 254 g/mol. The fourth-order valence-electron chi connectivity index (χ4n) is 2.83. The zero-order valence-corrected chi connectivity index (χ0v) is 12.3. The van der Waals surface area contributed by atoms with Crippen LogP contribution in [0.4, 0.5) is 0 Å². The molecule has 106 valence electrons. The summed E-state index contributed by atoms with van der Waals surface area (Å²) in [6.45, 7) is 6.84. The molecule has 1 saturated carbocycles. The molecule has 3 heteroatoms. The quantitative estimate of drug-likeness (QED) is 0.733. The van der Waals surface area contributed by atoms with Crippen LogP contribution in [0.15, 0.2) is 0 Å². The molecule has 1 aliphatic carbocycles. The van der Waals surface area contributed by atoms with Crippen LogP contribution in [0.1, 0.15) is 65.7 Å². The van der Waals surface area contributed by atoms with Crippen molar-refractivity contribution in [1.29, 1.82) is 0 Å². The molecule has 0 bridgehead atoms. The van der Waals surface area contributed by atoms with Gasteiger partial charge in [0, 0.05) is 12.1 Å². The predicted molar refractivity (Wildman–Crippen MR) is 76.6 cm³/mol. The number of nitrogens with one attached hydrogen (secondary N) is 2. The highest BCUT2D eigenvalue weighted by atomic mass is 16.1. The predicted octanol–water partition coefficient (Wildman–Crippen LogP) is 2.85. The van der Waals surface area contributed by atoms with Crippen LogP contribution in [0, 0.1) is 5.92 Å². The first-order valence-electron chi connectivity index (χ1n) is 7.70. The maximum absolute atomic E-state index is 11.7. The van der Waals surface area contributed by atoms with Crippen molar-refractivity contribution in [2.45, 2.75) is 77.8 Å². The van der Waals surface area contributed by atoms with Gasteiger partial charge in [-0.25, -0.2) is 0 Å². The second-order valence-electron chi connectivity index (χ2n) is 5.67. The van der Waals surface area contributed by atoms with Crippen molar-refractivity contribution in [2.75, 3.05) is 6.54 Å². The lowest BCUT2D eigenvalue weighted by molar-refractivity contribution is -0.121. The topological polar surface area (TPSA) is 41.1 Å². The lowest BCUT2D eigenvalue weighted by atomic mass is 9.83. The fourth-order valence-corrected chi connectivity index (χ4v) is 2.83.